The van der Waals surface area contributed by atoms with E-state index < -0.39 is 11.7 Å². The lowest BCUT2D eigenvalue weighted by Gasteiger charge is -2.18. The molecule has 0 saturated carbocycles. The second kappa shape index (κ2) is 4.94. The molecule has 5 heteroatoms. The topological polar surface area (TPSA) is 24.9 Å². The van der Waals surface area contributed by atoms with Crippen LogP contribution in [0.5, 0.6) is 0 Å². The second-order valence-corrected chi connectivity index (χ2v) is 5.16. The van der Waals surface area contributed by atoms with Crippen LogP contribution in [0.3, 0.4) is 0 Å². The summed E-state index contributed by atoms with van der Waals surface area (Å²) < 4.78 is 37.3. The van der Waals surface area contributed by atoms with E-state index in [0.29, 0.717) is 6.54 Å². The molecule has 0 aromatic carbocycles. The van der Waals surface area contributed by atoms with Gasteiger partial charge in [0.25, 0.3) is 0 Å². The van der Waals surface area contributed by atoms with Crippen molar-refractivity contribution >= 4 is 5.82 Å². The largest absolute Gasteiger partial charge is 0.416 e. The van der Waals surface area contributed by atoms with Gasteiger partial charge in [-0.25, -0.2) is 4.98 Å². The standard InChI is InChI=1S/C12H17F3N2/c1-11(2,3)5-7-17-10-8-9(4-6-16-10)12(13,14)15/h4,6,8H,5,7H2,1-3H3,(H,16,17). The second-order valence-electron chi connectivity index (χ2n) is 5.16. The molecule has 17 heavy (non-hydrogen) atoms. The van der Waals surface area contributed by atoms with Crippen LogP contribution in [0.2, 0.25) is 0 Å². The molecule has 0 aliphatic carbocycles. The number of hydrogen-bond donors (Lipinski definition) is 1. The van der Waals surface area contributed by atoms with E-state index in [1.165, 1.54) is 6.20 Å². The summed E-state index contributed by atoms with van der Waals surface area (Å²) in [5.41, 5.74) is -0.528. The van der Waals surface area contributed by atoms with Gasteiger partial charge >= 0.3 is 6.18 Å². The number of nitrogens with one attached hydrogen (secondary N) is 1. The van der Waals surface area contributed by atoms with Gasteiger partial charge in [0, 0.05) is 12.7 Å². The van der Waals surface area contributed by atoms with Crippen molar-refractivity contribution in [2.45, 2.75) is 33.4 Å². The van der Waals surface area contributed by atoms with Crippen molar-refractivity contribution in [3.8, 4) is 0 Å². The molecule has 0 unspecified atom stereocenters. The molecule has 0 atom stereocenters. The van der Waals surface area contributed by atoms with Gasteiger partial charge in [0.05, 0.1) is 5.56 Å². The van der Waals surface area contributed by atoms with Crippen molar-refractivity contribution < 1.29 is 13.2 Å². The minimum Gasteiger partial charge on any atom is -0.370 e. The number of nitrogens with zero attached hydrogens (tertiary/aromatic N) is 1. The smallest absolute Gasteiger partial charge is 0.370 e. The van der Waals surface area contributed by atoms with Gasteiger partial charge in [-0.1, -0.05) is 20.8 Å². The van der Waals surface area contributed by atoms with E-state index in [2.05, 4.69) is 31.1 Å². The number of hydrogen-bond acceptors (Lipinski definition) is 2. The number of halogens is 3. The Bertz CT molecular complexity index is 367. The Balaban J connectivity index is 2.61. The Morgan fingerprint density at radius 3 is 2.41 bits per heavy atom. The highest BCUT2D eigenvalue weighted by Gasteiger charge is 2.30. The minimum absolute atomic E-state index is 0.147. The third-order valence-corrected chi connectivity index (χ3v) is 2.27. The summed E-state index contributed by atoms with van der Waals surface area (Å²) in [5.74, 6) is 0.268. The maximum Gasteiger partial charge on any atom is 0.416 e. The first-order valence-electron chi connectivity index (χ1n) is 5.46. The number of anilines is 1. The van der Waals surface area contributed by atoms with Gasteiger partial charge in [-0.3, -0.25) is 0 Å². The summed E-state index contributed by atoms with van der Waals surface area (Å²) in [4.78, 5) is 3.86. The highest BCUT2D eigenvalue weighted by atomic mass is 19.4. The molecule has 0 saturated heterocycles. The zero-order valence-electron chi connectivity index (χ0n) is 10.2. The van der Waals surface area contributed by atoms with Gasteiger partial charge < -0.3 is 5.32 Å². The van der Waals surface area contributed by atoms with Gasteiger partial charge in [0.2, 0.25) is 0 Å². The Labute approximate surface area is 99.3 Å². The van der Waals surface area contributed by atoms with Gasteiger partial charge in [0.15, 0.2) is 0 Å². The summed E-state index contributed by atoms with van der Waals surface area (Å²) in [7, 11) is 0. The van der Waals surface area contributed by atoms with E-state index in [4.69, 9.17) is 0 Å². The molecule has 0 aliphatic heterocycles. The SMILES string of the molecule is CC(C)(C)CCNc1cc(C(F)(F)F)ccn1. The van der Waals surface area contributed by atoms with Crippen molar-refractivity contribution in [3.63, 3.8) is 0 Å². The highest BCUT2D eigenvalue weighted by Crippen LogP contribution is 2.30. The maximum atomic E-state index is 12.4. The fourth-order valence-corrected chi connectivity index (χ4v) is 1.27. The zero-order valence-corrected chi connectivity index (χ0v) is 10.2. The fourth-order valence-electron chi connectivity index (χ4n) is 1.27. The molecule has 0 fully saturated rings. The monoisotopic (exact) mass is 246 g/mol. The molecule has 0 bridgehead atoms. The van der Waals surface area contributed by atoms with Crippen LogP contribution in [0.4, 0.5) is 19.0 Å². The van der Waals surface area contributed by atoms with E-state index in [9.17, 15) is 13.2 Å². The van der Waals surface area contributed by atoms with E-state index in [0.717, 1.165) is 18.6 Å². The Kier molecular flexibility index (Phi) is 4.01. The van der Waals surface area contributed by atoms with Gasteiger partial charge in [-0.15, -0.1) is 0 Å². The van der Waals surface area contributed by atoms with Gasteiger partial charge in [0.1, 0.15) is 5.82 Å². The van der Waals surface area contributed by atoms with Crippen molar-refractivity contribution in [1.29, 1.82) is 0 Å². The molecule has 96 valence electrons. The van der Waals surface area contributed by atoms with Gasteiger partial charge in [-0.2, -0.15) is 13.2 Å². The molecular weight excluding hydrogens is 229 g/mol. The molecule has 1 aromatic rings. The summed E-state index contributed by atoms with van der Waals surface area (Å²) in [6.07, 6.45) is -2.28. The molecule has 1 rings (SSSR count). The number of pyridine rings is 1. The van der Waals surface area contributed by atoms with E-state index >= 15 is 0 Å². The predicted octanol–water partition coefficient (Wildman–Crippen LogP) is 3.95. The number of aromatic nitrogens is 1. The Hall–Kier alpha value is -1.26. The summed E-state index contributed by atoms with van der Waals surface area (Å²) in [5, 5.41) is 2.90. The molecule has 0 radical (unpaired) electrons. The van der Waals surface area contributed by atoms with Crippen molar-refractivity contribution in [2.24, 2.45) is 5.41 Å². The van der Waals surface area contributed by atoms with E-state index in [-0.39, 0.29) is 11.2 Å². The average molecular weight is 246 g/mol. The zero-order chi connectivity index (χ0) is 13.1. The average Bonchev–Trinajstić information content (AvgIpc) is 2.15. The van der Waals surface area contributed by atoms with Crippen LogP contribution in [0.15, 0.2) is 18.3 Å². The van der Waals surface area contributed by atoms with Crippen molar-refractivity contribution in [3.05, 3.63) is 23.9 Å². The first-order valence-corrected chi connectivity index (χ1v) is 5.46. The van der Waals surface area contributed by atoms with Crippen molar-refractivity contribution in [2.75, 3.05) is 11.9 Å². The van der Waals surface area contributed by atoms with Crippen molar-refractivity contribution in [1.82, 2.24) is 4.98 Å². The molecule has 0 amide bonds. The normalized spacial score (nSPS) is 12.6. The summed E-state index contributed by atoms with van der Waals surface area (Å²) in [6, 6.07) is 2.00. The van der Waals surface area contributed by atoms with Crippen LogP contribution in [0, 0.1) is 5.41 Å². The lowest BCUT2D eigenvalue weighted by atomic mass is 9.92. The third-order valence-electron chi connectivity index (χ3n) is 2.27. The summed E-state index contributed by atoms with van der Waals surface area (Å²) in [6.45, 7) is 6.84. The van der Waals surface area contributed by atoms with Crippen LogP contribution < -0.4 is 5.32 Å². The predicted molar refractivity (Wildman–Crippen MR) is 61.8 cm³/mol. The molecule has 1 N–H and O–H groups in total. The first-order chi connectivity index (χ1) is 7.68. The third kappa shape index (κ3) is 5.06. The lowest BCUT2D eigenvalue weighted by Crippen LogP contribution is -2.14. The highest BCUT2D eigenvalue weighted by molar-refractivity contribution is 5.38. The fraction of sp³-hybridized carbons (Fsp3) is 0.583. The quantitative estimate of drug-likeness (QED) is 0.873. The van der Waals surface area contributed by atoms with E-state index in [1.54, 1.807) is 0 Å². The molecule has 0 spiro atoms. The first kappa shape index (κ1) is 13.8. The number of rotatable bonds is 3. The van der Waals surface area contributed by atoms with Gasteiger partial charge in [-0.05, 0) is 24.0 Å². The molecule has 1 heterocycles. The molecular formula is C12H17F3N2. The van der Waals surface area contributed by atoms with Crippen LogP contribution in [-0.4, -0.2) is 11.5 Å². The van der Waals surface area contributed by atoms with E-state index in [1.807, 2.05) is 0 Å². The molecule has 2 nitrogen and oxygen atoms in total. The summed E-state index contributed by atoms with van der Waals surface area (Å²) >= 11 is 0. The lowest BCUT2D eigenvalue weighted by molar-refractivity contribution is -0.137. The maximum absolute atomic E-state index is 12.4. The Morgan fingerprint density at radius 1 is 1.24 bits per heavy atom. The molecule has 1 aromatic heterocycles. The Morgan fingerprint density at radius 2 is 1.88 bits per heavy atom. The van der Waals surface area contributed by atoms with Crippen LogP contribution in [0.1, 0.15) is 32.8 Å². The molecule has 0 aliphatic rings. The minimum atomic E-state index is -4.32. The van der Waals surface area contributed by atoms with Crippen LogP contribution in [-0.2, 0) is 6.18 Å². The van der Waals surface area contributed by atoms with Crippen LogP contribution in [0.25, 0.3) is 0 Å². The van der Waals surface area contributed by atoms with Crippen LogP contribution >= 0.6 is 0 Å². The number of alkyl halides is 3.